The van der Waals surface area contributed by atoms with E-state index in [1.807, 2.05) is 49.6 Å². The number of hydrogen-bond donors (Lipinski definition) is 2. The van der Waals surface area contributed by atoms with Gasteiger partial charge in [0, 0.05) is 22.9 Å². The number of carbonyl (C=O) groups is 2. The number of amides is 2. The summed E-state index contributed by atoms with van der Waals surface area (Å²) in [6, 6.07) is 12.9. The van der Waals surface area contributed by atoms with E-state index < -0.39 is 0 Å². The number of halogens is 1. The maximum atomic E-state index is 12.5. The van der Waals surface area contributed by atoms with Crippen molar-refractivity contribution in [2.24, 2.45) is 0 Å². The number of aryl methyl sites for hydroxylation is 2. The van der Waals surface area contributed by atoms with Gasteiger partial charge in [-0.1, -0.05) is 41.6 Å². The number of thioether (sulfide) groups is 1. The fourth-order valence-electron chi connectivity index (χ4n) is 3.01. The molecule has 2 aromatic carbocycles. The molecule has 3 aromatic rings. The molecule has 0 aliphatic carbocycles. The fraction of sp³-hybridized carbons (Fsp3) is 0.273. The highest BCUT2D eigenvalue weighted by atomic mass is 35.5. The minimum atomic E-state index is -0.163. The van der Waals surface area contributed by atoms with Crippen LogP contribution < -0.4 is 10.6 Å². The molecule has 1 aromatic heterocycles. The summed E-state index contributed by atoms with van der Waals surface area (Å²) < 4.78 is 1.85. The van der Waals surface area contributed by atoms with E-state index in [0.717, 1.165) is 22.5 Å². The highest BCUT2D eigenvalue weighted by molar-refractivity contribution is 7.99. The molecule has 0 saturated heterocycles. The second-order valence-corrected chi connectivity index (χ2v) is 8.36. The van der Waals surface area contributed by atoms with Crippen LogP contribution in [0.5, 0.6) is 0 Å². The molecule has 0 unspecified atom stereocenters. The van der Waals surface area contributed by atoms with Gasteiger partial charge in [0.15, 0.2) is 5.16 Å². The Bertz CT molecular complexity index is 1100. The summed E-state index contributed by atoms with van der Waals surface area (Å²) in [4.78, 5) is 24.8. The lowest BCUT2D eigenvalue weighted by molar-refractivity contribution is -0.116. The van der Waals surface area contributed by atoms with Gasteiger partial charge in [0.1, 0.15) is 5.82 Å². The van der Waals surface area contributed by atoms with E-state index in [0.29, 0.717) is 22.5 Å². The van der Waals surface area contributed by atoms with Crippen molar-refractivity contribution in [2.45, 2.75) is 38.9 Å². The third kappa shape index (κ3) is 6.08. The summed E-state index contributed by atoms with van der Waals surface area (Å²) in [6.07, 6.45) is 0.103. The van der Waals surface area contributed by atoms with E-state index in [1.165, 1.54) is 11.8 Å². The number of benzene rings is 2. The zero-order chi connectivity index (χ0) is 22.4. The lowest BCUT2D eigenvalue weighted by Crippen LogP contribution is -2.18. The van der Waals surface area contributed by atoms with Crippen LogP contribution in [0.3, 0.4) is 0 Å². The van der Waals surface area contributed by atoms with Crippen molar-refractivity contribution in [3.05, 3.63) is 64.4 Å². The van der Waals surface area contributed by atoms with Crippen LogP contribution >= 0.6 is 23.4 Å². The summed E-state index contributed by atoms with van der Waals surface area (Å²) in [6.45, 7) is 6.37. The summed E-state index contributed by atoms with van der Waals surface area (Å²) in [7, 11) is 0. The van der Waals surface area contributed by atoms with Crippen LogP contribution in [-0.4, -0.2) is 32.3 Å². The zero-order valence-corrected chi connectivity index (χ0v) is 19.2. The Kier molecular flexibility index (Phi) is 7.70. The minimum absolute atomic E-state index is 0.103. The van der Waals surface area contributed by atoms with Gasteiger partial charge in [-0.15, -0.1) is 10.2 Å². The van der Waals surface area contributed by atoms with Crippen LogP contribution in [-0.2, 0) is 22.6 Å². The predicted octanol–water partition coefficient (Wildman–Crippen LogP) is 4.48. The summed E-state index contributed by atoms with van der Waals surface area (Å²) in [5.41, 5.74) is 3.38. The summed E-state index contributed by atoms with van der Waals surface area (Å²) >= 11 is 7.24. The van der Waals surface area contributed by atoms with Gasteiger partial charge in [0.05, 0.1) is 12.2 Å². The Labute approximate surface area is 190 Å². The van der Waals surface area contributed by atoms with Gasteiger partial charge < -0.3 is 15.2 Å². The van der Waals surface area contributed by atoms with Crippen molar-refractivity contribution in [1.29, 1.82) is 0 Å². The third-order valence-electron chi connectivity index (χ3n) is 4.64. The Morgan fingerprint density at radius 2 is 1.71 bits per heavy atom. The predicted molar refractivity (Wildman–Crippen MR) is 125 cm³/mol. The SMILES string of the molecule is CCn1c(CC(=O)Nc2ccccc2C)nnc1SCC(=O)Nc1ccc(Cl)cc1C. The number of para-hydroxylation sites is 1. The number of anilines is 2. The first kappa shape index (κ1) is 22.8. The van der Waals surface area contributed by atoms with Crippen LogP contribution in [0.15, 0.2) is 47.6 Å². The zero-order valence-electron chi connectivity index (χ0n) is 17.6. The largest absolute Gasteiger partial charge is 0.325 e. The Hall–Kier alpha value is -2.84. The van der Waals surface area contributed by atoms with Gasteiger partial charge in [0.2, 0.25) is 11.8 Å². The first-order valence-corrected chi connectivity index (χ1v) is 11.2. The monoisotopic (exact) mass is 457 g/mol. The molecule has 162 valence electrons. The molecule has 2 amide bonds. The molecule has 0 saturated carbocycles. The molecule has 0 fully saturated rings. The Morgan fingerprint density at radius 3 is 2.42 bits per heavy atom. The molecular weight excluding hydrogens is 434 g/mol. The number of nitrogens with zero attached hydrogens (tertiary/aromatic N) is 3. The molecule has 9 heteroatoms. The van der Waals surface area contributed by atoms with Crippen LogP contribution in [0, 0.1) is 13.8 Å². The number of hydrogen-bond acceptors (Lipinski definition) is 5. The normalized spacial score (nSPS) is 10.7. The lowest BCUT2D eigenvalue weighted by atomic mass is 10.2. The standard InChI is InChI=1S/C22H24ClN5O2S/c1-4-28-19(12-20(29)24-17-8-6-5-7-14(17)2)26-27-22(28)31-13-21(30)25-18-10-9-16(23)11-15(18)3/h5-11H,4,12-13H2,1-3H3,(H,24,29)(H,25,30). The molecule has 1 heterocycles. The maximum absolute atomic E-state index is 12.5. The highest BCUT2D eigenvalue weighted by Crippen LogP contribution is 2.22. The van der Waals surface area contributed by atoms with Crippen LogP contribution in [0.25, 0.3) is 0 Å². The number of rotatable bonds is 8. The second-order valence-electron chi connectivity index (χ2n) is 6.98. The quantitative estimate of drug-likeness (QED) is 0.487. The molecule has 0 radical (unpaired) electrons. The molecule has 31 heavy (non-hydrogen) atoms. The van der Waals surface area contributed by atoms with E-state index in [1.54, 1.807) is 18.2 Å². The van der Waals surface area contributed by atoms with Gasteiger partial charge in [0.25, 0.3) is 0 Å². The van der Waals surface area contributed by atoms with E-state index in [2.05, 4.69) is 20.8 Å². The van der Waals surface area contributed by atoms with Crippen molar-refractivity contribution in [3.8, 4) is 0 Å². The Balaban J connectivity index is 1.59. The van der Waals surface area contributed by atoms with Crippen LogP contribution in [0.4, 0.5) is 11.4 Å². The first-order valence-electron chi connectivity index (χ1n) is 9.83. The molecule has 0 aliphatic rings. The molecule has 0 aliphatic heterocycles. The van der Waals surface area contributed by atoms with Gasteiger partial charge in [-0.2, -0.15) is 0 Å². The Morgan fingerprint density at radius 1 is 1.00 bits per heavy atom. The van der Waals surface area contributed by atoms with Gasteiger partial charge in [-0.25, -0.2) is 0 Å². The highest BCUT2D eigenvalue weighted by Gasteiger charge is 2.16. The fourth-order valence-corrected chi connectivity index (χ4v) is 4.06. The molecular formula is C22H24ClN5O2S. The van der Waals surface area contributed by atoms with E-state index in [4.69, 9.17) is 11.6 Å². The topological polar surface area (TPSA) is 88.9 Å². The average Bonchev–Trinajstić information content (AvgIpc) is 3.11. The molecule has 0 spiro atoms. The van der Waals surface area contributed by atoms with E-state index in [9.17, 15) is 9.59 Å². The van der Waals surface area contributed by atoms with Gasteiger partial charge in [-0.3, -0.25) is 9.59 Å². The number of nitrogens with one attached hydrogen (secondary N) is 2. The number of aromatic nitrogens is 3. The van der Waals surface area contributed by atoms with Crippen LogP contribution in [0.1, 0.15) is 23.9 Å². The van der Waals surface area contributed by atoms with E-state index in [-0.39, 0.29) is 24.0 Å². The lowest BCUT2D eigenvalue weighted by Gasteiger charge is -2.10. The third-order valence-corrected chi connectivity index (χ3v) is 5.84. The van der Waals surface area contributed by atoms with Crippen molar-refractivity contribution >= 4 is 46.6 Å². The van der Waals surface area contributed by atoms with Gasteiger partial charge in [-0.05, 0) is 56.2 Å². The average molecular weight is 458 g/mol. The molecule has 7 nitrogen and oxygen atoms in total. The summed E-state index contributed by atoms with van der Waals surface area (Å²) in [5, 5.41) is 15.3. The second kappa shape index (κ2) is 10.5. The van der Waals surface area contributed by atoms with E-state index >= 15 is 0 Å². The molecule has 2 N–H and O–H groups in total. The molecule has 0 atom stereocenters. The first-order chi connectivity index (χ1) is 14.9. The van der Waals surface area contributed by atoms with Gasteiger partial charge >= 0.3 is 0 Å². The number of carbonyl (C=O) groups excluding carboxylic acids is 2. The van der Waals surface area contributed by atoms with Crippen molar-refractivity contribution < 1.29 is 9.59 Å². The van der Waals surface area contributed by atoms with Crippen molar-refractivity contribution in [1.82, 2.24) is 14.8 Å². The smallest absolute Gasteiger partial charge is 0.234 e. The minimum Gasteiger partial charge on any atom is -0.325 e. The van der Waals surface area contributed by atoms with Crippen LogP contribution in [0.2, 0.25) is 5.02 Å². The molecule has 3 rings (SSSR count). The van der Waals surface area contributed by atoms with Crippen molar-refractivity contribution in [3.63, 3.8) is 0 Å². The van der Waals surface area contributed by atoms with Crippen molar-refractivity contribution in [2.75, 3.05) is 16.4 Å². The summed E-state index contributed by atoms with van der Waals surface area (Å²) in [5.74, 6) is 0.421. The maximum Gasteiger partial charge on any atom is 0.234 e. The molecule has 0 bridgehead atoms.